The van der Waals surface area contributed by atoms with E-state index in [0.29, 0.717) is 12.5 Å². The number of nitrogens with zero attached hydrogens (tertiary/aromatic N) is 1. The first kappa shape index (κ1) is 13.0. The molecule has 0 radical (unpaired) electrons. The Balaban J connectivity index is 2.77. The Morgan fingerprint density at radius 1 is 1.38 bits per heavy atom. The van der Waals surface area contributed by atoms with E-state index >= 15 is 0 Å². The van der Waals surface area contributed by atoms with Crippen LogP contribution >= 0.6 is 0 Å². The second-order valence-corrected chi connectivity index (χ2v) is 4.58. The number of hydrogen-bond donors (Lipinski definition) is 1. The fourth-order valence-electron chi connectivity index (χ4n) is 1.66. The molecular formula is C13H21FN2. The van der Waals surface area contributed by atoms with E-state index in [2.05, 4.69) is 18.7 Å². The summed E-state index contributed by atoms with van der Waals surface area (Å²) >= 11 is 0. The number of hydrogen-bond acceptors (Lipinski definition) is 2. The SMILES string of the molecule is CC(C)CCN(C)c1ccc(F)cc1CN. The summed E-state index contributed by atoms with van der Waals surface area (Å²) in [7, 11) is 2.02. The zero-order valence-corrected chi connectivity index (χ0v) is 10.3. The molecule has 1 aromatic rings. The molecule has 0 saturated heterocycles. The molecule has 3 heteroatoms. The van der Waals surface area contributed by atoms with Crippen molar-refractivity contribution < 1.29 is 4.39 Å². The fourth-order valence-corrected chi connectivity index (χ4v) is 1.66. The van der Waals surface area contributed by atoms with Gasteiger partial charge in [0.25, 0.3) is 0 Å². The van der Waals surface area contributed by atoms with Gasteiger partial charge in [-0.15, -0.1) is 0 Å². The van der Waals surface area contributed by atoms with Crippen LogP contribution in [0.1, 0.15) is 25.8 Å². The van der Waals surface area contributed by atoms with E-state index in [9.17, 15) is 4.39 Å². The Labute approximate surface area is 97.3 Å². The van der Waals surface area contributed by atoms with Crippen LogP contribution in [0.3, 0.4) is 0 Å². The Bertz CT molecular complexity index is 337. The zero-order valence-electron chi connectivity index (χ0n) is 10.3. The Morgan fingerprint density at radius 2 is 2.06 bits per heavy atom. The van der Waals surface area contributed by atoms with Crippen LogP contribution in [0.4, 0.5) is 10.1 Å². The van der Waals surface area contributed by atoms with Crippen LogP contribution in [0.2, 0.25) is 0 Å². The minimum absolute atomic E-state index is 0.221. The summed E-state index contributed by atoms with van der Waals surface area (Å²) in [6, 6.07) is 4.80. The first-order valence-corrected chi connectivity index (χ1v) is 5.74. The molecule has 0 aliphatic heterocycles. The van der Waals surface area contributed by atoms with Crippen molar-refractivity contribution in [2.45, 2.75) is 26.8 Å². The normalized spacial score (nSPS) is 10.9. The maximum absolute atomic E-state index is 13.0. The fraction of sp³-hybridized carbons (Fsp3) is 0.538. The van der Waals surface area contributed by atoms with Crippen LogP contribution in [-0.4, -0.2) is 13.6 Å². The van der Waals surface area contributed by atoms with Gasteiger partial charge in [-0.2, -0.15) is 0 Å². The van der Waals surface area contributed by atoms with Gasteiger partial charge in [0.2, 0.25) is 0 Å². The molecule has 2 N–H and O–H groups in total. The summed E-state index contributed by atoms with van der Waals surface area (Å²) in [6.07, 6.45) is 1.12. The maximum atomic E-state index is 13.0. The van der Waals surface area contributed by atoms with Crippen molar-refractivity contribution in [1.29, 1.82) is 0 Å². The van der Waals surface area contributed by atoms with Crippen LogP contribution in [0.25, 0.3) is 0 Å². The van der Waals surface area contributed by atoms with Crippen molar-refractivity contribution in [3.8, 4) is 0 Å². The molecule has 0 heterocycles. The van der Waals surface area contributed by atoms with Gasteiger partial charge in [0.1, 0.15) is 5.82 Å². The van der Waals surface area contributed by atoms with E-state index in [1.807, 2.05) is 7.05 Å². The molecule has 0 amide bonds. The third kappa shape index (κ3) is 3.49. The zero-order chi connectivity index (χ0) is 12.1. The molecule has 1 aromatic carbocycles. The van der Waals surface area contributed by atoms with E-state index in [1.165, 1.54) is 12.1 Å². The minimum atomic E-state index is -0.221. The number of rotatable bonds is 5. The van der Waals surface area contributed by atoms with E-state index in [4.69, 9.17) is 5.73 Å². The van der Waals surface area contributed by atoms with Crippen molar-refractivity contribution in [2.24, 2.45) is 11.7 Å². The molecule has 0 aromatic heterocycles. The van der Waals surface area contributed by atoms with Crippen LogP contribution in [-0.2, 0) is 6.54 Å². The third-order valence-corrected chi connectivity index (χ3v) is 2.71. The average molecular weight is 224 g/mol. The van der Waals surface area contributed by atoms with Crippen molar-refractivity contribution in [2.75, 3.05) is 18.5 Å². The molecule has 2 nitrogen and oxygen atoms in total. The third-order valence-electron chi connectivity index (χ3n) is 2.71. The van der Waals surface area contributed by atoms with Crippen molar-refractivity contribution in [3.63, 3.8) is 0 Å². The smallest absolute Gasteiger partial charge is 0.123 e. The number of nitrogens with two attached hydrogens (primary N) is 1. The molecule has 0 bridgehead atoms. The molecule has 0 fully saturated rings. The Kier molecular flexibility index (Phi) is 4.74. The van der Waals surface area contributed by atoms with Gasteiger partial charge >= 0.3 is 0 Å². The lowest BCUT2D eigenvalue weighted by Crippen LogP contribution is -2.22. The second kappa shape index (κ2) is 5.85. The Morgan fingerprint density at radius 3 is 2.62 bits per heavy atom. The molecule has 0 unspecified atom stereocenters. The largest absolute Gasteiger partial charge is 0.374 e. The summed E-state index contributed by atoms with van der Waals surface area (Å²) in [5, 5.41) is 0. The summed E-state index contributed by atoms with van der Waals surface area (Å²) in [5.41, 5.74) is 7.52. The first-order valence-electron chi connectivity index (χ1n) is 5.74. The van der Waals surface area contributed by atoms with Crippen LogP contribution in [0.5, 0.6) is 0 Å². The van der Waals surface area contributed by atoms with E-state index < -0.39 is 0 Å². The highest BCUT2D eigenvalue weighted by Crippen LogP contribution is 2.21. The van der Waals surface area contributed by atoms with Crippen LogP contribution < -0.4 is 10.6 Å². The Hall–Kier alpha value is -1.09. The van der Waals surface area contributed by atoms with Crippen molar-refractivity contribution >= 4 is 5.69 Å². The van der Waals surface area contributed by atoms with Gasteiger partial charge in [0, 0.05) is 25.8 Å². The molecular weight excluding hydrogens is 203 g/mol. The van der Waals surface area contributed by atoms with E-state index in [0.717, 1.165) is 24.2 Å². The van der Waals surface area contributed by atoms with Crippen LogP contribution in [0.15, 0.2) is 18.2 Å². The molecule has 90 valence electrons. The van der Waals surface area contributed by atoms with Gasteiger partial charge in [0.05, 0.1) is 0 Å². The second-order valence-electron chi connectivity index (χ2n) is 4.58. The summed E-state index contributed by atoms with van der Waals surface area (Å²) in [6.45, 7) is 5.74. The lowest BCUT2D eigenvalue weighted by atomic mass is 10.1. The minimum Gasteiger partial charge on any atom is -0.374 e. The molecule has 0 aliphatic carbocycles. The quantitative estimate of drug-likeness (QED) is 0.833. The van der Waals surface area contributed by atoms with Crippen LogP contribution in [0, 0.1) is 11.7 Å². The maximum Gasteiger partial charge on any atom is 0.123 e. The number of benzene rings is 1. The van der Waals surface area contributed by atoms with Gasteiger partial charge in [-0.1, -0.05) is 13.8 Å². The van der Waals surface area contributed by atoms with Gasteiger partial charge in [-0.25, -0.2) is 4.39 Å². The predicted octanol–water partition coefficient (Wildman–Crippen LogP) is 2.77. The topological polar surface area (TPSA) is 29.3 Å². The first-order chi connectivity index (χ1) is 7.54. The summed E-state index contributed by atoms with van der Waals surface area (Å²) < 4.78 is 13.0. The number of anilines is 1. The highest BCUT2D eigenvalue weighted by molar-refractivity contribution is 5.53. The summed E-state index contributed by atoms with van der Waals surface area (Å²) in [5.74, 6) is 0.450. The molecule has 1 rings (SSSR count). The molecule has 0 spiro atoms. The van der Waals surface area contributed by atoms with Crippen molar-refractivity contribution in [1.82, 2.24) is 0 Å². The van der Waals surface area contributed by atoms with Gasteiger partial charge in [-0.3, -0.25) is 0 Å². The predicted molar refractivity (Wildman–Crippen MR) is 67.0 cm³/mol. The monoisotopic (exact) mass is 224 g/mol. The van der Waals surface area contributed by atoms with Crippen molar-refractivity contribution in [3.05, 3.63) is 29.6 Å². The van der Waals surface area contributed by atoms with Gasteiger partial charge < -0.3 is 10.6 Å². The molecule has 16 heavy (non-hydrogen) atoms. The van der Waals surface area contributed by atoms with E-state index in [1.54, 1.807) is 6.07 Å². The lowest BCUT2D eigenvalue weighted by Gasteiger charge is -2.23. The standard InChI is InChI=1S/C13H21FN2/c1-10(2)6-7-16(3)13-5-4-12(14)8-11(13)9-15/h4-5,8,10H,6-7,9,15H2,1-3H3. The lowest BCUT2D eigenvalue weighted by molar-refractivity contribution is 0.584. The van der Waals surface area contributed by atoms with E-state index in [-0.39, 0.29) is 5.82 Å². The molecule has 0 saturated carbocycles. The molecule has 0 atom stereocenters. The van der Waals surface area contributed by atoms with Gasteiger partial charge in [-0.05, 0) is 36.1 Å². The average Bonchev–Trinajstić information content (AvgIpc) is 2.25. The van der Waals surface area contributed by atoms with Gasteiger partial charge in [0.15, 0.2) is 0 Å². The highest BCUT2D eigenvalue weighted by Gasteiger charge is 2.08. The highest BCUT2D eigenvalue weighted by atomic mass is 19.1. The molecule has 0 aliphatic rings. The number of halogens is 1. The summed E-state index contributed by atoms with van der Waals surface area (Å²) in [4.78, 5) is 2.14.